The van der Waals surface area contributed by atoms with Gasteiger partial charge in [-0.25, -0.2) is 4.98 Å². The number of imidazole rings is 1. The van der Waals surface area contributed by atoms with E-state index in [4.69, 9.17) is 10.5 Å². The maximum Gasteiger partial charge on any atom is 0.245 e. The molecule has 0 spiro atoms. The third-order valence-electron chi connectivity index (χ3n) is 3.42. The molecule has 2 N–H and O–H groups in total. The lowest BCUT2D eigenvalue weighted by Gasteiger charge is -2.31. The monoisotopic (exact) mass is 266 g/mol. The van der Waals surface area contributed by atoms with E-state index in [1.807, 2.05) is 30.2 Å². The molecule has 1 unspecified atom stereocenters. The molecule has 1 aromatic rings. The summed E-state index contributed by atoms with van der Waals surface area (Å²) in [5.41, 5.74) is 6.46. The van der Waals surface area contributed by atoms with E-state index in [0.717, 1.165) is 5.69 Å². The van der Waals surface area contributed by atoms with E-state index >= 15 is 0 Å². The number of amides is 1. The standard InChI is InChI=1S/C13H22N4O2/c1-10(12(18)16-4-6-19-7-5-16)17-9-15-8-11(17)13(2,3)14/h8-10H,4-7,14H2,1-3H3. The second kappa shape index (κ2) is 5.30. The zero-order chi connectivity index (χ0) is 14.0. The van der Waals surface area contributed by atoms with Crippen LogP contribution in [-0.4, -0.2) is 46.7 Å². The van der Waals surface area contributed by atoms with E-state index < -0.39 is 5.54 Å². The highest BCUT2D eigenvalue weighted by atomic mass is 16.5. The van der Waals surface area contributed by atoms with E-state index in [-0.39, 0.29) is 11.9 Å². The van der Waals surface area contributed by atoms with E-state index in [9.17, 15) is 4.79 Å². The quantitative estimate of drug-likeness (QED) is 0.864. The Kier molecular flexibility index (Phi) is 3.91. The Morgan fingerprint density at radius 2 is 2.11 bits per heavy atom. The predicted octanol–water partition coefficient (Wildman–Crippen LogP) is 0.497. The molecule has 6 heteroatoms. The van der Waals surface area contributed by atoms with Gasteiger partial charge in [0.05, 0.1) is 37.0 Å². The summed E-state index contributed by atoms with van der Waals surface area (Å²) in [6.07, 6.45) is 3.40. The summed E-state index contributed by atoms with van der Waals surface area (Å²) in [4.78, 5) is 18.4. The molecule has 2 heterocycles. The summed E-state index contributed by atoms with van der Waals surface area (Å²) >= 11 is 0. The smallest absolute Gasteiger partial charge is 0.245 e. The van der Waals surface area contributed by atoms with Crippen molar-refractivity contribution >= 4 is 5.91 Å². The Morgan fingerprint density at radius 3 is 2.68 bits per heavy atom. The molecule has 0 bridgehead atoms. The van der Waals surface area contributed by atoms with Gasteiger partial charge in [0.15, 0.2) is 0 Å². The molecule has 1 amide bonds. The first-order valence-electron chi connectivity index (χ1n) is 6.59. The Labute approximate surface area is 113 Å². The van der Waals surface area contributed by atoms with Crippen molar-refractivity contribution in [3.63, 3.8) is 0 Å². The van der Waals surface area contributed by atoms with Gasteiger partial charge in [-0.3, -0.25) is 4.79 Å². The van der Waals surface area contributed by atoms with Gasteiger partial charge in [0, 0.05) is 13.1 Å². The predicted molar refractivity (Wildman–Crippen MR) is 71.6 cm³/mol. The SMILES string of the molecule is CC(C(=O)N1CCOCC1)n1cncc1C(C)(C)N. The fraction of sp³-hybridized carbons (Fsp3) is 0.692. The highest BCUT2D eigenvalue weighted by Gasteiger charge is 2.28. The van der Waals surface area contributed by atoms with Crippen molar-refractivity contribution in [1.82, 2.24) is 14.5 Å². The molecule has 19 heavy (non-hydrogen) atoms. The number of nitrogens with zero attached hydrogens (tertiary/aromatic N) is 3. The minimum absolute atomic E-state index is 0.0896. The van der Waals surface area contributed by atoms with Gasteiger partial charge < -0.3 is 19.9 Å². The summed E-state index contributed by atoms with van der Waals surface area (Å²) in [6.45, 7) is 8.22. The normalized spacial score (nSPS) is 18.4. The molecular formula is C13H22N4O2. The van der Waals surface area contributed by atoms with Crippen LogP contribution in [0.2, 0.25) is 0 Å². The van der Waals surface area contributed by atoms with Crippen molar-refractivity contribution in [2.45, 2.75) is 32.4 Å². The summed E-state index contributed by atoms with van der Waals surface area (Å²) in [5.74, 6) is 0.0896. The van der Waals surface area contributed by atoms with Crippen LogP contribution in [0.4, 0.5) is 0 Å². The third kappa shape index (κ3) is 2.96. The van der Waals surface area contributed by atoms with Crippen LogP contribution in [0.25, 0.3) is 0 Å². The molecule has 0 radical (unpaired) electrons. The van der Waals surface area contributed by atoms with E-state index in [1.54, 1.807) is 12.5 Å². The number of hydrogen-bond acceptors (Lipinski definition) is 4. The number of hydrogen-bond donors (Lipinski definition) is 1. The molecule has 1 saturated heterocycles. The van der Waals surface area contributed by atoms with Crippen LogP contribution in [0, 0.1) is 0 Å². The summed E-state index contributed by atoms with van der Waals surface area (Å²) in [6, 6.07) is -0.293. The lowest BCUT2D eigenvalue weighted by atomic mass is 10.0. The fourth-order valence-corrected chi connectivity index (χ4v) is 2.28. The first-order valence-corrected chi connectivity index (χ1v) is 6.59. The van der Waals surface area contributed by atoms with Gasteiger partial charge in [0.1, 0.15) is 6.04 Å². The first-order chi connectivity index (χ1) is 8.91. The Morgan fingerprint density at radius 1 is 1.47 bits per heavy atom. The van der Waals surface area contributed by atoms with Gasteiger partial charge in [-0.05, 0) is 20.8 Å². The second-order valence-electron chi connectivity index (χ2n) is 5.52. The lowest BCUT2D eigenvalue weighted by molar-refractivity contribution is -0.138. The number of carbonyl (C=O) groups is 1. The molecule has 0 saturated carbocycles. The molecule has 2 rings (SSSR count). The minimum Gasteiger partial charge on any atom is -0.378 e. The number of ether oxygens (including phenoxy) is 1. The molecule has 6 nitrogen and oxygen atoms in total. The molecule has 0 aromatic carbocycles. The van der Waals surface area contributed by atoms with E-state index in [0.29, 0.717) is 26.3 Å². The molecule has 0 aliphatic carbocycles. The number of morpholine rings is 1. The van der Waals surface area contributed by atoms with Crippen LogP contribution in [0.15, 0.2) is 12.5 Å². The van der Waals surface area contributed by atoms with Crippen molar-refractivity contribution in [2.24, 2.45) is 5.73 Å². The molecule has 1 aliphatic heterocycles. The maximum absolute atomic E-state index is 12.5. The Balaban J connectivity index is 2.17. The van der Waals surface area contributed by atoms with Gasteiger partial charge in [0.25, 0.3) is 0 Å². The van der Waals surface area contributed by atoms with Gasteiger partial charge in [-0.2, -0.15) is 0 Å². The zero-order valence-electron chi connectivity index (χ0n) is 11.8. The molecular weight excluding hydrogens is 244 g/mol. The van der Waals surface area contributed by atoms with Crippen LogP contribution >= 0.6 is 0 Å². The zero-order valence-corrected chi connectivity index (χ0v) is 11.8. The van der Waals surface area contributed by atoms with E-state index in [2.05, 4.69) is 4.98 Å². The van der Waals surface area contributed by atoms with Gasteiger partial charge in [-0.1, -0.05) is 0 Å². The average Bonchev–Trinajstić information content (AvgIpc) is 2.87. The summed E-state index contributed by atoms with van der Waals surface area (Å²) < 4.78 is 7.12. The highest BCUT2D eigenvalue weighted by Crippen LogP contribution is 2.21. The minimum atomic E-state index is -0.518. The van der Waals surface area contributed by atoms with E-state index in [1.165, 1.54) is 0 Å². The van der Waals surface area contributed by atoms with Crippen molar-refractivity contribution in [1.29, 1.82) is 0 Å². The summed E-state index contributed by atoms with van der Waals surface area (Å²) in [7, 11) is 0. The van der Waals surface area contributed by atoms with Gasteiger partial charge in [0.2, 0.25) is 5.91 Å². The highest BCUT2D eigenvalue weighted by molar-refractivity contribution is 5.80. The van der Waals surface area contributed by atoms with Crippen molar-refractivity contribution in [3.8, 4) is 0 Å². The Bertz CT molecular complexity index is 444. The van der Waals surface area contributed by atoms with Crippen LogP contribution in [0.1, 0.15) is 32.5 Å². The number of carbonyl (C=O) groups excluding carboxylic acids is 1. The van der Waals surface area contributed by atoms with Crippen molar-refractivity contribution in [2.75, 3.05) is 26.3 Å². The topological polar surface area (TPSA) is 73.4 Å². The molecule has 1 atom stereocenters. The second-order valence-corrected chi connectivity index (χ2v) is 5.52. The number of rotatable bonds is 3. The molecule has 1 aliphatic rings. The fourth-order valence-electron chi connectivity index (χ4n) is 2.28. The third-order valence-corrected chi connectivity index (χ3v) is 3.42. The van der Waals surface area contributed by atoms with Crippen LogP contribution in [0.5, 0.6) is 0 Å². The largest absolute Gasteiger partial charge is 0.378 e. The van der Waals surface area contributed by atoms with Crippen molar-refractivity contribution < 1.29 is 9.53 Å². The van der Waals surface area contributed by atoms with Gasteiger partial charge >= 0.3 is 0 Å². The van der Waals surface area contributed by atoms with Crippen LogP contribution in [-0.2, 0) is 15.1 Å². The van der Waals surface area contributed by atoms with Crippen LogP contribution in [0.3, 0.4) is 0 Å². The van der Waals surface area contributed by atoms with Crippen molar-refractivity contribution in [3.05, 3.63) is 18.2 Å². The molecule has 1 aromatic heterocycles. The lowest BCUT2D eigenvalue weighted by Crippen LogP contribution is -2.44. The molecule has 106 valence electrons. The number of nitrogens with two attached hydrogens (primary N) is 1. The average molecular weight is 266 g/mol. The molecule has 1 fully saturated rings. The maximum atomic E-state index is 12.5. The Hall–Kier alpha value is -1.40. The van der Waals surface area contributed by atoms with Gasteiger partial charge in [-0.15, -0.1) is 0 Å². The van der Waals surface area contributed by atoms with Crippen LogP contribution < -0.4 is 5.73 Å². The summed E-state index contributed by atoms with van der Waals surface area (Å²) in [5, 5.41) is 0. The number of aromatic nitrogens is 2. The first kappa shape index (κ1) is 14.0.